The molecule has 0 saturated heterocycles. The van der Waals surface area contributed by atoms with Crippen LogP contribution in [-0.2, 0) is 21.2 Å². The van der Waals surface area contributed by atoms with E-state index in [2.05, 4.69) is 12.2 Å². The minimum absolute atomic E-state index is 0.166. The first-order valence-electron chi connectivity index (χ1n) is 8.88. The zero-order valence-corrected chi connectivity index (χ0v) is 18.6. The van der Waals surface area contributed by atoms with Crippen molar-refractivity contribution in [1.82, 2.24) is 5.32 Å². The SMILES string of the molecule is CCc1ccc([C@@H](C)NC(=O)[C@@H](C)N(c2cc(Cl)ccc2Cl)S(C)(=O)=O)cc1. The normalized spacial score (nSPS) is 13.6. The maximum absolute atomic E-state index is 12.8. The number of amides is 1. The topological polar surface area (TPSA) is 66.5 Å². The van der Waals surface area contributed by atoms with Gasteiger partial charge in [-0.15, -0.1) is 0 Å². The fraction of sp³-hybridized carbons (Fsp3) is 0.350. The lowest BCUT2D eigenvalue weighted by atomic mass is 10.0. The van der Waals surface area contributed by atoms with Crippen molar-refractivity contribution in [3.63, 3.8) is 0 Å². The lowest BCUT2D eigenvalue weighted by molar-refractivity contribution is -0.122. The molecule has 1 N–H and O–H groups in total. The number of sulfonamides is 1. The summed E-state index contributed by atoms with van der Waals surface area (Å²) in [6.45, 7) is 5.44. The standard InChI is InChI=1S/C20H24Cl2N2O3S/c1-5-15-6-8-16(9-7-15)13(2)23-20(25)14(3)24(28(4,26)27)19-12-17(21)10-11-18(19)22/h6-14H,5H2,1-4H3,(H,23,25)/t13-,14-/m1/s1. The zero-order chi connectivity index (χ0) is 21.1. The van der Waals surface area contributed by atoms with Crippen LogP contribution >= 0.6 is 23.2 Å². The van der Waals surface area contributed by atoms with E-state index in [0.717, 1.165) is 22.5 Å². The van der Waals surface area contributed by atoms with E-state index in [1.807, 2.05) is 31.2 Å². The van der Waals surface area contributed by atoms with E-state index in [0.29, 0.717) is 5.02 Å². The van der Waals surface area contributed by atoms with Crippen LogP contribution in [0.3, 0.4) is 0 Å². The summed E-state index contributed by atoms with van der Waals surface area (Å²) >= 11 is 12.2. The summed E-state index contributed by atoms with van der Waals surface area (Å²) < 4.78 is 25.8. The molecular weight excluding hydrogens is 419 g/mol. The molecule has 0 radical (unpaired) electrons. The van der Waals surface area contributed by atoms with Crippen LogP contribution in [-0.4, -0.2) is 26.6 Å². The average molecular weight is 443 g/mol. The molecule has 28 heavy (non-hydrogen) atoms. The van der Waals surface area contributed by atoms with Crippen molar-refractivity contribution in [1.29, 1.82) is 0 Å². The molecule has 8 heteroatoms. The highest BCUT2D eigenvalue weighted by Crippen LogP contribution is 2.32. The number of benzene rings is 2. The second-order valence-corrected chi connectivity index (χ2v) is 9.36. The molecule has 0 fully saturated rings. The van der Waals surface area contributed by atoms with Gasteiger partial charge in [-0.1, -0.05) is 54.4 Å². The molecule has 2 rings (SSSR count). The summed E-state index contributed by atoms with van der Waals surface area (Å²) in [5, 5.41) is 3.39. The van der Waals surface area contributed by atoms with E-state index in [9.17, 15) is 13.2 Å². The molecule has 0 spiro atoms. The van der Waals surface area contributed by atoms with E-state index in [-0.39, 0.29) is 16.8 Å². The van der Waals surface area contributed by atoms with Crippen LogP contribution in [0.15, 0.2) is 42.5 Å². The zero-order valence-electron chi connectivity index (χ0n) is 16.2. The van der Waals surface area contributed by atoms with Crippen LogP contribution in [0, 0.1) is 0 Å². The Balaban J connectivity index is 2.27. The number of carbonyl (C=O) groups is 1. The van der Waals surface area contributed by atoms with Gasteiger partial charge < -0.3 is 5.32 Å². The van der Waals surface area contributed by atoms with Gasteiger partial charge in [-0.2, -0.15) is 0 Å². The van der Waals surface area contributed by atoms with Gasteiger partial charge in [0.05, 0.1) is 23.0 Å². The molecule has 2 atom stereocenters. The van der Waals surface area contributed by atoms with E-state index in [1.54, 1.807) is 6.07 Å². The Morgan fingerprint density at radius 3 is 2.25 bits per heavy atom. The number of hydrogen-bond acceptors (Lipinski definition) is 3. The first kappa shape index (κ1) is 22.5. The van der Waals surface area contributed by atoms with Crippen molar-refractivity contribution in [2.45, 2.75) is 39.3 Å². The Hall–Kier alpha value is -1.76. The minimum atomic E-state index is -3.78. The maximum Gasteiger partial charge on any atom is 0.244 e. The molecule has 0 aromatic heterocycles. The van der Waals surface area contributed by atoms with Crippen molar-refractivity contribution in [3.8, 4) is 0 Å². The lowest BCUT2D eigenvalue weighted by Crippen LogP contribution is -2.48. The van der Waals surface area contributed by atoms with Crippen LogP contribution in [0.5, 0.6) is 0 Å². The van der Waals surface area contributed by atoms with Gasteiger partial charge in [0.2, 0.25) is 15.9 Å². The van der Waals surface area contributed by atoms with Crippen LogP contribution in [0.4, 0.5) is 5.69 Å². The van der Waals surface area contributed by atoms with Crippen molar-refractivity contribution >= 4 is 44.8 Å². The van der Waals surface area contributed by atoms with Gasteiger partial charge in [0.1, 0.15) is 6.04 Å². The second kappa shape index (κ2) is 9.16. The van der Waals surface area contributed by atoms with E-state index in [1.165, 1.54) is 24.6 Å². The summed E-state index contributed by atoms with van der Waals surface area (Å²) in [7, 11) is -3.78. The first-order valence-corrected chi connectivity index (χ1v) is 11.5. The largest absolute Gasteiger partial charge is 0.348 e. The number of aryl methyl sites for hydroxylation is 1. The molecule has 2 aromatic rings. The molecule has 0 heterocycles. The minimum Gasteiger partial charge on any atom is -0.348 e. The van der Waals surface area contributed by atoms with Gasteiger partial charge in [0.15, 0.2) is 0 Å². The third-order valence-electron chi connectivity index (χ3n) is 4.48. The van der Waals surface area contributed by atoms with Crippen molar-refractivity contribution in [2.75, 3.05) is 10.6 Å². The third kappa shape index (κ3) is 5.40. The maximum atomic E-state index is 12.8. The van der Waals surface area contributed by atoms with E-state index in [4.69, 9.17) is 23.2 Å². The number of hydrogen-bond donors (Lipinski definition) is 1. The van der Waals surface area contributed by atoms with E-state index >= 15 is 0 Å². The summed E-state index contributed by atoms with van der Waals surface area (Å²) in [4.78, 5) is 12.8. The number of carbonyl (C=O) groups excluding carboxylic acids is 1. The molecule has 5 nitrogen and oxygen atoms in total. The third-order valence-corrected chi connectivity index (χ3v) is 6.26. The van der Waals surface area contributed by atoms with Gasteiger partial charge >= 0.3 is 0 Å². The molecule has 0 bridgehead atoms. The predicted octanol–water partition coefficient (Wildman–Crippen LogP) is 4.59. The molecule has 0 aliphatic carbocycles. The Bertz CT molecular complexity index is 946. The van der Waals surface area contributed by atoms with Crippen LogP contribution in [0.25, 0.3) is 0 Å². The highest BCUT2D eigenvalue weighted by Gasteiger charge is 2.31. The lowest BCUT2D eigenvalue weighted by Gasteiger charge is -2.30. The summed E-state index contributed by atoms with van der Waals surface area (Å²) in [5.41, 5.74) is 2.30. The molecular formula is C20H24Cl2N2O3S. The fourth-order valence-electron chi connectivity index (χ4n) is 2.90. The summed E-state index contributed by atoms with van der Waals surface area (Å²) in [5.74, 6) is -0.437. The number of halogens is 2. The van der Waals surface area contributed by atoms with Gasteiger partial charge in [-0.25, -0.2) is 8.42 Å². The van der Waals surface area contributed by atoms with E-state index < -0.39 is 22.0 Å². The number of anilines is 1. The summed E-state index contributed by atoms with van der Waals surface area (Å²) in [6, 6.07) is 11.1. The number of nitrogens with one attached hydrogen (secondary N) is 1. The Kier molecular flexibility index (Phi) is 7.37. The molecule has 0 unspecified atom stereocenters. The smallest absolute Gasteiger partial charge is 0.244 e. The van der Waals surface area contributed by atoms with Gasteiger partial charge in [0, 0.05) is 5.02 Å². The Morgan fingerprint density at radius 1 is 1.11 bits per heavy atom. The predicted molar refractivity (Wildman–Crippen MR) is 116 cm³/mol. The fourth-order valence-corrected chi connectivity index (χ4v) is 4.50. The number of nitrogens with zero attached hydrogens (tertiary/aromatic N) is 1. The molecule has 2 aromatic carbocycles. The van der Waals surface area contributed by atoms with Crippen LogP contribution in [0.2, 0.25) is 10.0 Å². The monoisotopic (exact) mass is 442 g/mol. The molecule has 152 valence electrons. The molecule has 1 amide bonds. The average Bonchev–Trinajstić information content (AvgIpc) is 2.63. The molecule has 0 aliphatic rings. The van der Waals surface area contributed by atoms with Crippen LogP contribution < -0.4 is 9.62 Å². The van der Waals surface area contributed by atoms with Gasteiger partial charge in [-0.05, 0) is 49.6 Å². The highest BCUT2D eigenvalue weighted by atomic mass is 35.5. The first-order chi connectivity index (χ1) is 13.0. The quantitative estimate of drug-likeness (QED) is 0.681. The molecule has 0 aliphatic heterocycles. The Morgan fingerprint density at radius 2 is 1.71 bits per heavy atom. The van der Waals surface area contributed by atoms with Crippen molar-refractivity contribution < 1.29 is 13.2 Å². The van der Waals surface area contributed by atoms with Crippen LogP contribution in [0.1, 0.15) is 37.9 Å². The Labute approximate surface area is 176 Å². The highest BCUT2D eigenvalue weighted by molar-refractivity contribution is 7.92. The van der Waals surface area contributed by atoms with Crippen molar-refractivity contribution in [2.24, 2.45) is 0 Å². The van der Waals surface area contributed by atoms with Gasteiger partial charge in [-0.3, -0.25) is 9.10 Å². The molecule has 0 saturated carbocycles. The van der Waals surface area contributed by atoms with Crippen molar-refractivity contribution in [3.05, 3.63) is 63.6 Å². The van der Waals surface area contributed by atoms with Gasteiger partial charge in [0.25, 0.3) is 0 Å². The summed E-state index contributed by atoms with van der Waals surface area (Å²) in [6.07, 6.45) is 1.96. The number of rotatable bonds is 7. The second-order valence-electron chi connectivity index (χ2n) is 6.66.